The first-order chi connectivity index (χ1) is 8.22. The molecular weight excluding hydrogens is 252 g/mol. The summed E-state index contributed by atoms with van der Waals surface area (Å²) in [6.45, 7) is 5.32. The third kappa shape index (κ3) is 2.72. The fourth-order valence-electron chi connectivity index (χ4n) is 1.83. The number of hydrogen-bond donors (Lipinski definition) is 1. The Hall–Kier alpha value is -1.36. The number of carboxylic acid groups (broad SMARTS) is 1. The van der Waals surface area contributed by atoms with Gasteiger partial charge < -0.3 is 5.11 Å². The Kier molecular flexibility index (Phi) is 4.16. The molecule has 1 rings (SSSR count). The number of benzene rings is 1. The van der Waals surface area contributed by atoms with Crippen LogP contribution in [0.2, 0.25) is 0 Å². The Balaban J connectivity index is 3.17. The summed E-state index contributed by atoms with van der Waals surface area (Å²) in [5.74, 6) is -1.06. The van der Waals surface area contributed by atoms with Gasteiger partial charge in [0.2, 0.25) is 0 Å². The van der Waals surface area contributed by atoms with Crippen LogP contribution in [0.1, 0.15) is 44.0 Å². The van der Waals surface area contributed by atoms with Crippen molar-refractivity contribution in [2.45, 2.75) is 43.3 Å². The molecule has 0 radical (unpaired) electrons. The second-order valence-corrected chi connectivity index (χ2v) is 7.43. The summed E-state index contributed by atoms with van der Waals surface area (Å²) in [6.07, 6.45) is 1.34. The van der Waals surface area contributed by atoms with Gasteiger partial charge in [0.05, 0.1) is 15.2 Å². The van der Waals surface area contributed by atoms with Gasteiger partial charge >= 0.3 is 5.97 Å². The van der Waals surface area contributed by atoms with Crippen molar-refractivity contribution >= 4 is 15.8 Å². The molecule has 0 spiro atoms. The summed E-state index contributed by atoms with van der Waals surface area (Å²) < 4.78 is 23.9. The highest BCUT2D eigenvalue weighted by molar-refractivity contribution is 7.92. The molecular formula is C13H18O4S. The fraction of sp³-hybridized carbons (Fsp3) is 0.462. The van der Waals surface area contributed by atoms with E-state index in [4.69, 9.17) is 5.11 Å². The van der Waals surface area contributed by atoms with Crippen LogP contribution in [0.25, 0.3) is 0 Å². The van der Waals surface area contributed by atoms with Crippen LogP contribution in [0.5, 0.6) is 0 Å². The predicted octanol–water partition coefficient (Wildman–Crippen LogP) is 2.74. The molecule has 5 heteroatoms. The zero-order chi connectivity index (χ0) is 14.0. The molecule has 0 atom stereocenters. The smallest absolute Gasteiger partial charge is 0.335 e. The van der Waals surface area contributed by atoms with Crippen LogP contribution in [0.4, 0.5) is 0 Å². The summed E-state index contributed by atoms with van der Waals surface area (Å²) in [6, 6.07) is 5.35. The van der Waals surface area contributed by atoms with Crippen LogP contribution in [-0.4, -0.2) is 24.2 Å². The SMILES string of the molecule is CCCC(C)(C)S(=O)(=O)c1ccc(C(=O)O)cc1. The van der Waals surface area contributed by atoms with Crippen LogP contribution in [0, 0.1) is 0 Å². The third-order valence-corrected chi connectivity index (χ3v) is 5.54. The van der Waals surface area contributed by atoms with Gasteiger partial charge in [-0.2, -0.15) is 0 Å². The van der Waals surface area contributed by atoms with Crippen molar-refractivity contribution in [2.24, 2.45) is 0 Å². The minimum atomic E-state index is -3.44. The van der Waals surface area contributed by atoms with Crippen LogP contribution < -0.4 is 0 Å². The first kappa shape index (κ1) is 14.7. The zero-order valence-corrected chi connectivity index (χ0v) is 11.6. The maximum atomic E-state index is 12.4. The molecule has 1 aromatic carbocycles. The lowest BCUT2D eigenvalue weighted by atomic mass is 10.1. The maximum absolute atomic E-state index is 12.4. The van der Waals surface area contributed by atoms with Crippen LogP contribution >= 0.6 is 0 Å². The summed E-state index contributed by atoms with van der Waals surface area (Å²) in [5, 5.41) is 8.77. The molecule has 4 nitrogen and oxygen atoms in total. The summed E-state index contributed by atoms with van der Waals surface area (Å²) in [7, 11) is -3.44. The van der Waals surface area contributed by atoms with Gasteiger partial charge in [-0.05, 0) is 44.5 Å². The van der Waals surface area contributed by atoms with E-state index in [0.717, 1.165) is 6.42 Å². The topological polar surface area (TPSA) is 71.4 Å². The number of sulfone groups is 1. The first-order valence-electron chi connectivity index (χ1n) is 5.80. The van der Waals surface area contributed by atoms with Gasteiger partial charge in [0.1, 0.15) is 0 Å². The van der Waals surface area contributed by atoms with E-state index in [1.807, 2.05) is 6.92 Å². The summed E-state index contributed by atoms with van der Waals surface area (Å²) in [4.78, 5) is 10.9. The van der Waals surface area contributed by atoms with Crippen LogP contribution in [-0.2, 0) is 9.84 Å². The third-order valence-electron chi connectivity index (χ3n) is 2.99. The first-order valence-corrected chi connectivity index (χ1v) is 7.28. The molecule has 1 N–H and O–H groups in total. The van der Waals surface area contributed by atoms with Gasteiger partial charge in [0, 0.05) is 0 Å². The number of carbonyl (C=O) groups is 1. The quantitative estimate of drug-likeness (QED) is 0.893. The molecule has 1 aromatic rings. The van der Waals surface area contributed by atoms with Gasteiger partial charge in [-0.3, -0.25) is 0 Å². The highest BCUT2D eigenvalue weighted by Gasteiger charge is 2.34. The summed E-state index contributed by atoms with van der Waals surface area (Å²) >= 11 is 0. The number of aromatic carboxylic acids is 1. The molecule has 18 heavy (non-hydrogen) atoms. The highest BCUT2D eigenvalue weighted by Crippen LogP contribution is 2.29. The summed E-state index contributed by atoms with van der Waals surface area (Å²) in [5.41, 5.74) is 0.0854. The maximum Gasteiger partial charge on any atom is 0.335 e. The standard InChI is InChI=1S/C13H18O4S/c1-4-9-13(2,3)18(16,17)11-7-5-10(6-8-11)12(14)15/h5-8H,4,9H2,1-3H3,(H,14,15). The predicted molar refractivity (Wildman–Crippen MR) is 69.6 cm³/mol. The van der Waals surface area contributed by atoms with Gasteiger partial charge in [-0.15, -0.1) is 0 Å². The normalized spacial score (nSPS) is 12.4. The van der Waals surface area contributed by atoms with Crippen molar-refractivity contribution in [3.8, 4) is 0 Å². The van der Waals surface area contributed by atoms with E-state index >= 15 is 0 Å². The Morgan fingerprint density at radius 2 is 1.72 bits per heavy atom. The Morgan fingerprint density at radius 3 is 2.11 bits per heavy atom. The molecule has 0 aliphatic rings. The highest BCUT2D eigenvalue weighted by atomic mass is 32.2. The van der Waals surface area contributed by atoms with E-state index in [2.05, 4.69) is 0 Å². The molecule has 0 aromatic heterocycles. The second kappa shape index (κ2) is 5.10. The zero-order valence-electron chi connectivity index (χ0n) is 10.8. The van der Waals surface area contributed by atoms with E-state index in [1.54, 1.807) is 13.8 Å². The van der Waals surface area contributed by atoms with Crippen molar-refractivity contribution in [2.75, 3.05) is 0 Å². The molecule has 100 valence electrons. The van der Waals surface area contributed by atoms with E-state index < -0.39 is 20.6 Å². The van der Waals surface area contributed by atoms with Crippen LogP contribution in [0.3, 0.4) is 0 Å². The fourth-order valence-corrected chi connectivity index (χ4v) is 3.44. The van der Waals surface area contributed by atoms with Gasteiger partial charge in [0.25, 0.3) is 0 Å². The second-order valence-electron chi connectivity index (χ2n) is 4.84. The van der Waals surface area contributed by atoms with E-state index in [0.29, 0.717) is 6.42 Å². The lowest BCUT2D eigenvalue weighted by molar-refractivity contribution is 0.0697. The van der Waals surface area contributed by atoms with Gasteiger partial charge in [-0.1, -0.05) is 13.3 Å². The molecule has 0 aliphatic carbocycles. The Morgan fingerprint density at radius 1 is 1.22 bits per heavy atom. The number of rotatable bonds is 5. The van der Waals surface area contributed by atoms with E-state index in [-0.39, 0.29) is 10.5 Å². The largest absolute Gasteiger partial charge is 0.478 e. The molecule has 0 unspecified atom stereocenters. The lowest BCUT2D eigenvalue weighted by Gasteiger charge is -2.24. The molecule has 0 heterocycles. The minimum Gasteiger partial charge on any atom is -0.478 e. The molecule has 0 amide bonds. The average molecular weight is 270 g/mol. The van der Waals surface area contributed by atoms with E-state index in [9.17, 15) is 13.2 Å². The van der Waals surface area contributed by atoms with Crippen molar-refractivity contribution in [1.82, 2.24) is 0 Å². The minimum absolute atomic E-state index is 0.0854. The van der Waals surface area contributed by atoms with Crippen molar-refractivity contribution in [3.63, 3.8) is 0 Å². The molecule has 0 bridgehead atoms. The Bertz CT molecular complexity index is 527. The van der Waals surface area contributed by atoms with Gasteiger partial charge in [-0.25, -0.2) is 13.2 Å². The molecule has 0 fully saturated rings. The number of carboxylic acids is 1. The van der Waals surface area contributed by atoms with Crippen molar-refractivity contribution in [1.29, 1.82) is 0 Å². The molecule has 0 saturated heterocycles. The van der Waals surface area contributed by atoms with E-state index in [1.165, 1.54) is 24.3 Å². The van der Waals surface area contributed by atoms with Crippen LogP contribution in [0.15, 0.2) is 29.2 Å². The molecule has 0 aliphatic heterocycles. The molecule has 0 saturated carbocycles. The van der Waals surface area contributed by atoms with Crippen molar-refractivity contribution in [3.05, 3.63) is 29.8 Å². The van der Waals surface area contributed by atoms with Crippen molar-refractivity contribution < 1.29 is 18.3 Å². The monoisotopic (exact) mass is 270 g/mol. The van der Waals surface area contributed by atoms with Gasteiger partial charge in [0.15, 0.2) is 9.84 Å². The lowest BCUT2D eigenvalue weighted by Crippen LogP contribution is -2.31. The average Bonchev–Trinajstić information content (AvgIpc) is 2.28. The number of hydrogen-bond acceptors (Lipinski definition) is 3. The Labute approximate surface area is 108 Å².